The van der Waals surface area contributed by atoms with Gasteiger partial charge in [0.1, 0.15) is 5.01 Å². The number of nitrogens with two attached hydrogens (primary N) is 1. The molecule has 0 radical (unpaired) electrons. The van der Waals surface area contributed by atoms with Gasteiger partial charge in [-0.3, -0.25) is 14.4 Å². The van der Waals surface area contributed by atoms with Gasteiger partial charge >= 0.3 is 0 Å². The maximum atomic E-state index is 12.8. The molecule has 3 heterocycles. The summed E-state index contributed by atoms with van der Waals surface area (Å²) in [6.45, 7) is 0. The molecule has 7 heteroatoms. The number of fused-ring (bicyclic) bond motifs is 1. The fourth-order valence-corrected chi connectivity index (χ4v) is 4.28. The molecule has 1 atom stereocenters. The van der Waals surface area contributed by atoms with Crippen LogP contribution in [0.5, 0.6) is 0 Å². The maximum Gasteiger partial charge on any atom is 0.248 e. The van der Waals surface area contributed by atoms with Gasteiger partial charge < -0.3 is 10.3 Å². The molecule has 2 N–H and O–H groups in total. The van der Waals surface area contributed by atoms with Crippen molar-refractivity contribution in [3.05, 3.63) is 65.1 Å². The number of ketones is 2. The molecule has 4 rings (SSSR count). The van der Waals surface area contributed by atoms with Gasteiger partial charge in [0.25, 0.3) is 0 Å². The number of aromatic nitrogens is 2. The first kappa shape index (κ1) is 17.4. The van der Waals surface area contributed by atoms with E-state index in [4.69, 9.17) is 5.73 Å². The fraction of sp³-hybridized carbons (Fsp3) is 0.200. The molecule has 0 saturated carbocycles. The second-order valence-electron chi connectivity index (χ2n) is 6.48. The molecule has 0 saturated heterocycles. The van der Waals surface area contributed by atoms with E-state index in [0.29, 0.717) is 24.1 Å². The van der Waals surface area contributed by atoms with Crippen molar-refractivity contribution < 1.29 is 14.4 Å². The molecule has 6 nitrogen and oxygen atoms in total. The van der Waals surface area contributed by atoms with E-state index in [1.165, 1.54) is 11.3 Å². The quantitative estimate of drug-likeness (QED) is 0.737. The van der Waals surface area contributed by atoms with E-state index in [0.717, 1.165) is 15.4 Å². The highest BCUT2D eigenvalue weighted by Gasteiger charge is 2.29. The summed E-state index contributed by atoms with van der Waals surface area (Å²) >= 11 is 1.45. The molecular formula is C20H17N3O3S. The number of nitrogens with zero attached hydrogens (tertiary/aromatic N) is 2. The number of hydrogen-bond donors (Lipinski definition) is 1. The Labute approximate surface area is 159 Å². The second-order valence-corrected chi connectivity index (χ2v) is 7.60. The van der Waals surface area contributed by atoms with E-state index in [1.807, 2.05) is 12.1 Å². The third-order valence-electron chi connectivity index (χ3n) is 4.75. The second kappa shape index (κ2) is 6.92. The van der Waals surface area contributed by atoms with Crippen LogP contribution in [0.25, 0.3) is 10.4 Å². The van der Waals surface area contributed by atoms with E-state index in [1.54, 1.807) is 41.2 Å². The predicted octanol–water partition coefficient (Wildman–Crippen LogP) is 3.04. The molecule has 3 aromatic rings. The van der Waals surface area contributed by atoms with Crippen LogP contribution in [0.4, 0.5) is 0 Å². The number of primary amides is 1. The third kappa shape index (κ3) is 3.33. The van der Waals surface area contributed by atoms with Gasteiger partial charge in [0, 0.05) is 24.4 Å². The van der Waals surface area contributed by atoms with Gasteiger partial charge in [-0.25, -0.2) is 4.98 Å². The van der Waals surface area contributed by atoms with E-state index in [2.05, 4.69) is 4.98 Å². The Morgan fingerprint density at radius 1 is 1.22 bits per heavy atom. The fourth-order valence-electron chi connectivity index (χ4n) is 3.34. The van der Waals surface area contributed by atoms with Crippen molar-refractivity contribution in [2.45, 2.75) is 25.3 Å². The Morgan fingerprint density at radius 2 is 2.00 bits per heavy atom. The molecule has 0 fully saturated rings. The number of thiazole rings is 1. The summed E-state index contributed by atoms with van der Waals surface area (Å²) in [6.07, 6.45) is 4.70. The molecule has 2 aromatic heterocycles. The standard InChI is InChI=1S/C20H17N3O3S/c21-20(26)13-5-3-12(4-6-13)18-11-22-19(27-18)10-17(25)15-7-8-16(24)14-2-1-9-23(14)15/h1-6,9,11,15H,7-8,10H2,(H2,21,26). The van der Waals surface area contributed by atoms with Crippen molar-refractivity contribution >= 4 is 28.8 Å². The average Bonchev–Trinajstić information content (AvgIpc) is 3.32. The number of carbonyl (C=O) groups is 3. The number of carbonyl (C=O) groups excluding carboxylic acids is 3. The van der Waals surface area contributed by atoms with Gasteiger partial charge in [0.05, 0.1) is 23.0 Å². The van der Waals surface area contributed by atoms with Crippen molar-refractivity contribution in [3.8, 4) is 10.4 Å². The minimum absolute atomic E-state index is 0.0601. The lowest BCUT2D eigenvalue weighted by Crippen LogP contribution is -2.28. The van der Waals surface area contributed by atoms with E-state index >= 15 is 0 Å². The zero-order chi connectivity index (χ0) is 19.0. The van der Waals surface area contributed by atoms with Crippen LogP contribution in [0.15, 0.2) is 48.8 Å². The highest BCUT2D eigenvalue weighted by atomic mass is 32.1. The SMILES string of the molecule is NC(=O)c1ccc(-c2cnc(CC(=O)C3CCC(=O)c4cccn43)s2)cc1. The van der Waals surface area contributed by atoms with Crippen molar-refractivity contribution in [1.82, 2.24) is 9.55 Å². The molecule has 1 aliphatic rings. The Kier molecular flexibility index (Phi) is 4.45. The third-order valence-corrected chi connectivity index (χ3v) is 5.80. The normalized spacial score (nSPS) is 16.1. The van der Waals surface area contributed by atoms with Crippen LogP contribution < -0.4 is 5.73 Å². The Hall–Kier alpha value is -3.06. The van der Waals surface area contributed by atoms with Crippen LogP contribution in [-0.4, -0.2) is 27.0 Å². The topological polar surface area (TPSA) is 95.1 Å². The van der Waals surface area contributed by atoms with Gasteiger partial charge in [-0.2, -0.15) is 0 Å². The molecule has 136 valence electrons. The van der Waals surface area contributed by atoms with Crippen molar-refractivity contribution in [1.29, 1.82) is 0 Å². The predicted molar refractivity (Wildman–Crippen MR) is 102 cm³/mol. The summed E-state index contributed by atoms with van der Waals surface area (Å²) in [6, 6.07) is 10.2. The first-order valence-corrected chi connectivity index (χ1v) is 9.42. The lowest BCUT2D eigenvalue weighted by molar-refractivity contribution is -0.121. The summed E-state index contributed by atoms with van der Waals surface area (Å²) in [4.78, 5) is 41.2. The van der Waals surface area contributed by atoms with Crippen LogP contribution in [-0.2, 0) is 11.2 Å². The molecule has 0 aliphatic carbocycles. The summed E-state index contributed by atoms with van der Waals surface area (Å²) in [5, 5.41) is 0.736. The van der Waals surface area contributed by atoms with Crippen LogP contribution in [0, 0.1) is 0 Å². The number of rotatable bonds is 5. The molecule has 1 aliphatic heterocycles. The number of Topliss-reactive ketones (excluding diaryl/α,β-unsaturated/α-hetero) is 2. The lowest BCUT2D eigenvalue weighted by atomic mass is 9.97. The number of benzene rings is 1. The van der Waals surface area contributed by atoms with Crippen LogP contribution >= 0.6 is 11.3 Å². The van der Waals surface area contributed by atoms with Crippen molar-refractivity contribution in [2.75, 3.05) is 0 Å². The molecule has 0 spiro atoms. The zero-order valence-electron chi connectivity index (χ0n) is 14.4. The Balaban J connectivity index is 1.50. The molecule has 1 amide bonds. The van der Waals surface area contributed by atoms with E-state index in [-0.39, 0.29) is 24.0 Å². The Morgan fingerprint density at radius 3 is 2.74 bits per heavy atom. The molecule has 1 aromatic carbocycles. The van der Waals surface area contributed by atoms with Crippen LogP contribution in [0.3, 0.4) is 0 Å². The first-order valence-electron chi connectivity index (χ1n) is 8.60. The van der Waals surface area contributed by atoms with E-state index < -0.39 is 5.91 Å². The monoisotopic (exact) mass is 379 g/mol. The van der Waals surface area contributed by atoms with Crippen molar-refractivity contribution in [3.63, 3.8) is 0 Å². The summed E-state index contributed by atoms with van der Waals surface area (Å²) in [7, 11) is 0. The summed E-state index contributed by atoms with van der Waals surface area (Å²) in [5.41, 5.74) is 7.24. The van der Waals surface area contributed by atoms with E-state index in [9.17, 15) is 14.4 Å². The Bertz CT molecular complexity index is 1030. The average molecular weight is 379 g/mol. The van der Waals surface area contributed by atoms with Crippen molar-refractivity contribution in [2.24, 2.45) is 5.73 Å². The van der Waals surface area contributed by atoms with Gasteiger partial charge in [0.2, 0.25) is 5.91 Å². The van der Waals surface area contributed by atoms with Gasteiger partial charge in [0.15, 0.2) is 11.6 Å². The summed E-state index contributed by atoms with van der Waals surface area (Å²) < 4.78 is 1.78. The largest absolute Gasteiger partial charge is 0.366 e. The summed E-state index contributed by atoms with van der Waals surface area (Å²) in [5.74, 6) is -0.322. The van der Waals surface area contributed by atoms with Gasteiger partial charge in [-0.05, 0) is 36.2 Å². The highest BCUT2D eigenvalue weighted by molar-refractivity contribution is 7.15. The molecule has 1 unspecified atom stereocenters. The number of amides is 1. The van der Waals surface area contributed by atoms with Gasteiger partial charge in [-0.1, -0.05) is 12.1 Å². The molecule has 0 bridgehead atoms. The maximum absolute atomic E-state index is 12.8. The smallest absolute Gasteiger partial charge is 0.248 e. The zero-order valence-corrected chi connectivity index (χ0v) is 15.2. The highest BCUT2D eigenvalue weighted by Crippen LogP contribution is 2.30. The minimum atomic E-state index is -0.465. The van der Waals surface area contributed by atoms with Crippen LogP contribution in [0.1, 0.15) is 44.7 Å². The number of hydrogen-bond acceptors (Lipinski definition) is 5. The minimum Gasteiger partial charge on any atom is -0.366 e. The lowest BCUT2D eigenvalue weighted by Gasteiger charge is -2.24. The molecular weight excluding hydrogens is 362 g/mol. The van der Waals surface area contributed by atoms with Crippen LogP contribution in [0.2, 0.25) is 0 Å². The van der Waals surface area contributed by atoms with Gasteiger partial charge in [-0.15, -0.1) is 11.3 Å². The first-order chi connectivity index (χ1) is 13.0. The molecule has 27 heavy (non-hydrogen) atoms.